The summed E-state index contributed by atoms with van der Waals surface area (Å²) in [5, 5.41) is 5.19. The minimum Gasteiger partial charge on any atom is -0.410 e. The fourth-order valence-electron chi connectivity index (χ4n) is 3.06. The van der Waals surface area contributed by atoms with Crippen molar-refractivity contribution in [2.45, 2.75) is 25.7 Å². The molecule has 0 radical (unpaired) electrons. The van der Waals surface area contributed by atoms with Crippen LogP contribution < -0.4 is 10.1 Å². The van der Waals surface area contributed by atoms with E-state index < -0.39 is 6.09 Å². The van der Waals surface area contributed by atoms with Crippen molar-refractivity contribution in [3.63, 3.8) is 0 Å². The highest BCUT2D eigenvalue weighted by atomic mass is 32.1. The van der Waals surface area contributed by atoms with Gasteiger partial charge in [-0.25, -0.2) is 9.78 Å². The summed E-state index contributed by atoms with van der Waals surface area (Å²) < 4.78 is 5.22. The smallest absolute Gasteiger partial charge is 0.410 e. The van der Waals surface area contributed by atoms with E-state index >= 15 is 0 Å². The number of nitrogens with zero attached hydrogens (tertiary/aromatic N) is 1. The molecule has 0 saturated heterocycles. The Hall–Kier alpha value is -2.66. The molecule has 1 aromatic heterocycles. The van der Waals surface area contributed by atoms with Crippen LogP contribution in [0.2, 0.25) is 0 Å². The van der Waals surface area contributed by atoms with Crippen LogP contribution in [0.3, 0.4) is 0 Å². The number of aromatic nitrogens is 1. The van der Waals surface area contributed by atoms with Gasteiger partial charge in [-0.1, -0.05) is 30.3 Å². The summed E-state index contributed by atoms with van der Waals surface area (Å²) in [5.74, 6) is 0.506. The van der Waals surface area contributed by atoms with Gasteiger partial charge < -0.3 is 4.74 Å². The highest BCUT2D eigenvalue weighted by molar-refractivity contribution is 7.14. The molecule has 0 bridgehead atoms. The number of benzene rings is 2. The Bertz CT molecular complexity index is 890. The van der Waals surface area contributed by atoms with Gasteiger partial charge in [-0.2, -0.15) is 0 Å². The van der Waals surface area contributed by atoms with Gasteiger partial charge in [0.25, 0.3) is 0 Å². The number of carbonyl (C=O) groups excluding carboxylic acids is 1. The first kappa shape index (κ1) is 15.8. The van der Waals surface area contributed by atoms with Gasteiger partial charge in [-0.3, -0.25) is 5.32 Å². The van der Waals surface area contributed by atoms with Crippen molar-refractivity contribution in [1.82, 2.24) is 4.98 Å². The zero-order valence-electron chi connectivity index (χ0n) is 13.7. The number of para-hydroxylation sites is 1. The summed E-state index contributed by atoms with van der Waals surface area (Å²) in [4.78, 5) is 16.5. The van der Waals surface area contributed by atoms with Gasteiger partial charge in [0.05, 0.1) is 5.69 Å². The first-order valence-corrected chi connectivity index (χ1v) is 9.27. The van der Waals surface area contributed by atoms with E-state index in [9.17, 15) is 4.79 Å². The molecule has 4 nitrogen and oxygen atoms in total. The summed E-state index contributed by atoms with van der Waals surface area (Å²) in [6.07, 6.45) is 4.32. The molecule has 1 aliphatic rings. The Balaban J connectivity index is 1.46. The average molecular weight is 350 g/mol. The van der Waals surface area contributed by atoms with Crippen LogP contribution in [0.1, 0.15) is 24.0 Å². The molecule has 1 N–H and O–H groups in total. The molecule has 25 heavy (non-hydrogen) atoms. The standard InChI is InChI=1S/C20H18N2O2S/c23-20(24-17-8-2-1-3-9-17)22-19-21-18(13-25-19)16-11-10-14-6-4-5-7-15(14)12-16/h1-3,8-13H,4-7H2,(H,21,22,23). The third kappa shape index (κ3) is 3.72. The molecule has 1 amide bonds. The Kier molecular flexibility index (Phi) is 4.48. The Morgan fingerprint density at radius 2 is 1.84 bits per heavy atom. The molecular formula is C20H18N2O2S. The van der Waals surface area contributed by atoms with Gasteiger partial charge in [0.1, 0.15) is 5.75 Å². The largest absolute Gasteiger partial charge is 0.418 e. The third-order valence-electron chi connectivity index (χ3n) is 4.31. The molecule has 0 fully saturated rings. The molecule has 1 aliphatic carbocycles. The molecule has 0 spiro atoms. The van der Waals surface area contributed by atoms with Gasteiger partial charge in [0.2, 0.25) is 0 Å². The summed E-state index contributed by atoms with van der Waals surface area (Å²) in [7, 11) is 0. The van der Waals surface area contributed by atoms with Crippen LogP contribution in [0, 0.1) is 0 Å². The lowest BCUT2D eigenvalue weighted by Gasteiger charge is -2.16. The average Bonchev–Trinajstić information content (AvgIpc) is 3.10. The van der Waals surface area contributed by atoms with Crippen molar-refractivity contribution in [3.05, 3.63) is 65.0 Å². The first-order valence-electron chi connectivity index (χ1n) is 8.39. The SMILES string of the molecule is O=C(Nc1nc(-c2ccc3c(c2)CCCC3)cs1)Oc1ccccc1. The maximum atomic E-state index is 12.0. The van der Waals surface area contributed by atoms with Gasteiger partial charge in [0, 0.05) is 10.9 Å². The fraction of sp³-hybridized carbons (Fsp3) is 0.200. The molecule has 3 aromatic rings. The summed E-state index contributed by atoms with van der Waals surface area (Å²) >= 11 is 1.40. The summed E-state index contributed by atoms with van der Waals surface area (Å²) in [6.45, 7) is 0. The molecule has 0 saturated carbocycles. The molecule has 0 aliphatic heterocycles. The van der Waals surface area contributed by atoms with E-state index in [1.807, 2.05) is 23.6 Å². The van der Waals surface area contributed by atoms with Gasteiger partial charge in [0.15, 0.2) is 5.13 Å². The second-order valence-corrected chi connectivity index (χ2v) is 6.91. The van der Waals surface area contributed by atoms with Crippen LogP contribution in [0.4, 0.5) is 9.93 Å². The number of aryl methyl sites for hydroxylation is 2. The summed E-state index contributed by atoms with van der Waals surface area (Å²) in [5.41, 5.74) is 4.86. The Morgan fingerprint density at radius 3 is 2.68 bits per heavy atom. The highest BCUT2D eigenvalue weighted by Crippen LogP contribution is 2.29. The van der Waals surface area contributed by atoms with Gasteiger partial charge in [-0.15, -0.1) is 11.3 Å². The van der Waals surface area contributed by atoms with Gasteiger partial charge in [-0.05, 0) is 55.0 Å². The second-order valence-electron chi connectivity index (χ2n) is 6.06. The van der Waals surface area contributed by atoms with E-state index in [4.69, 9.17) is 4.74 Å². The number of amides is 1. The minimum absolute atomic E-state index is 0.506. The summed E-state index contributed by atoms with van der Waals surface area (Å²) in [6, 6.07) is 15.5. The van der Waals surface area contributed by atoms with E-state index in [-0.39, 0.29) is 0 Å². The lowest BCUT2D eigenvalue weighted by Crippen LogP contribution is -2.16. The lowest BCUT2D eigenvalue weighted by molar-refractivity contribution is 0.215. The van der Waals surface area contributed by atoms with Crippen LogP contribution in [-0.4, -0.2) is 11.1 Å². The number of ether oxygens (including phenoxy) is 1. The van der Waals surface area contributed by atoms with Gasteiger partial charge >= 0.3 is 6.09 Å². The third-order valence-corrected chi connectivity index (χ3v) is 5.07. The zero-order valence-corrected chi connectivity index (χ0v) is 14.5. The molecule has 0 unspecified atom stereocenters. The molecule has 1 heterocycles. The quantitative estimate of drug-likeness (QED) is 0.697. The number of hydrogen-bond donors (Lipinski definition) is 1. The Labute approximate surface area is 150 Å². The highest BCUT2D eigenvalue weighted by Gasteiger charge is 2.13. The molecule has 4 rings (SSSR count). The Morgan fingerprint density at radius 1 is 1.04 bits per heavy atom. The topological polar surface area (TPSA) is 51.2 Å². The molecule has 126 valence electrons. The fourth-order valence-corrected chi connectivity index (χ4v) is 3.77. The van der Waals surface area contributed by atoms with Crippen molar-refractivity contribution in [2.75, 3.05) is 5.32 Å². The predicted octanol–water partition coefficient (Wildman–Crippen LogP) is 5.30. The maximum Gasteiger partial charge on any atom is 0.418 e. The van der Waals surface area contributed by atoms with Crippen molar-refractivity contribution in [3.8, 4) is 17.0 Å². The zero-order chi connectivity index (χ0) is 17.1. The van der Waals surface area contributed by atoms with Crippen molar-refractivity contribution in [1.29, 1.82) is 0 Å². The number of fused-ring (bicyclic) bond motifs is 1. The molecule has 0 atom stereocenters. The van der Waals surface area contributed by atoms with Crippen LogP contribution in [-0.2, 0) is 12.8 Å². The normalized spacial score (nSPS) is 13.1. The van der Waals surface area contributed by atoms with Crippen LogP contribution in [0.15, 0.2) is 53.9 Å². The van der Waals surface area contributed by atoms with E-state index in [1.54, 1.807) is 12.1 Å². The monoisotopic (exact) mass is 350 g/mol. The minimum atomic E-state index is -0.530. The second kappa shape index (κ2) is 7.07. The lowest BCUT2D eigenvalue weighted by atomic mass is 9.90. The van der Waals surface area contributed by atoms with E-state index in [0.29, 0.717) is 10.9 Å². The van der Waals surface area contributed by atoms with Crippen LogP contribution in [0.25, 0.3) is 11.3 Å². The predicted molar refractivity (Wildman–Crippen MR) is 100 cm³/mol. The molecular weight excluding hydrogens is 332 g/mol. The number of anilines is 1. The number of carbonyl (C=O) groups is 1. The van der Waals surface area contributed by atoms with E-state index in [2.05, 4.69) is 28.5 Å². The number of hydrogen-bond acceptors (Lipinski definition) is 4. The van der Waals surface area contributed by atoms with Crippen molar-refractivity contribution in [2.24, 2.45) is 0 Å². The number of rotatable bonds is 3. The van der Waals surface area contributed by atoms with E-state index in [0.717, 1.165) is 17.7 Å². The molecule has 2 aromatic carbocycles. The van der Waals surface area contributed by atoms with Crippen molar-refractivity contribution >= 4 is 22.6 Å². The molecule has 5 heteroatoms. The van der Waals surface area contributed by atoms with Crippen LogP contribution >= 0.6 is 11.3 Å². The van der Waals surface area contributed by atoms with Crippen molar-refractivity contribution < 1.29 is 9.53 Å². The number of thiazole rings is 1. The van der Waals surface area contributed by atoms with Crippen LogP contribution in [0.5, 0.6) is 5.75 Å². The maximum absolute atomic E-state index is 12.0. The van der Waals surface area contributed by atoms with E-state index in [1.165, 1.54) is 41.7 Å². The number of nitrogens with one attached hydrogen (secondary N) is 1. The first-order chi connectivity index (χ1) is 12.3.